The highest BCUT2D eigenvalue weighted by atomic mass is 16.5. The first kappa shape index (κ1) is 11.7. The van der Waals surface area contributed by atoms with Crippen molar-refractivity contribution in [2.75, 3.05) is 7.11 Å². The summed E-state index contributed by atoms with van der Waals surface area (Å²) in [6.07, 6.45) is 0. The lowest BCUT2D eigenvalue weighted by Gasteiger charge is -2.13. The molecule has 0 amide bonds. The molecule has 2 rings (SSSR count). The van der Waals surface area contributed by atoms with Gasteiger partial charge in [-0.05, 0) is 30.2 Å². The quantitative estimate of drug-likeness (QED) is 0.874. The van der Waals surface area contributed by atoms with Gasteiger partial charge in [0.05, 0.1) is 13.2 Å². The summed E-state index contributed by atoms with van der Waals surface area (Å²) < 4.78 is 5.13. The molecule has 0 heterocycles. The van der Waals surface area contributed by atoms with Crippen LogP contribution in [0, 0.1) is 6.92 Å². The van der Waals surface area contributed by atoms with Gasteiger partial charge in [-0.3, -0.25) is 0 Å². The zero-order chi connectivity index (χ0) is 12.3. The summed E-state index contributed by atoms with van der Waals surface area (Å²) in [5.74, 6) is 0.852. The Morgan fingerprint density at radius 1 is 1.00 bits per heavy atom. The fourth-order valence-corrected chi connectivity index (χ4v) is 1.87. The maximum absolute atomic E-state index is 6.24. The first-order chi connectivity index (χ1) is 8.20. The SMILES string of the molecule is COc1ccc([C@H](N)c2cccc(C)c2)cc1. The van der Waals surface area contributed by atoms with Gasteiger partial charge in [0.1, 0.15) is 5.75 Å². The molecular formula is C15H17NO. The lowest BCUT2D eigenvalue weighted by atomic mass is 9.98. The van der Waals surface area contributed by atoms with Gasteiger partial charge in [-0.1, -0.05) is 42.0 Å². The van der Waals surface area contributed by atoms with Crippen LogP contribution in [0.3, 0.4) is 0 Å². The van der Waals surface area contributed by atoms with Crippen LogP contribution in [0.2, 0.25) is 0 Å². The fraction of sp³-hybridized carbons (Fsp3) is 0.200. The first-order valence-corrected chi connectivity index (χ1v) is 5.67. The van der Waals surface area contributed by atoms with Crippen molar-refractivity contribution >= 4 is 0 Å². The van der Waals surface area contributed by atoms with E-state index in [1.54, 1.807) is 7.11 Å². The lowest BCUT2D eigenvalue weighted by molar-refractivity contribution is 0.414. The van der Waals surface area contributed by atoms with E-state index in [9.17, 15) is 0 Å². The number of benzene rings is 2. The second kappa shape index (κ2) is 5.02. The van der Waals surface area contributed by atoms with E-state index in [0.29, 0.717) is 0 Å². The van der Waals surface area contributed by atoms with E-state index in [4.69, 9.17) is 10.5 Å². The molecule has 88 valence electrons. The van der Waals surface area contributed by atoms with E-state index in [0.717, 1.165) is 16.9 Å². The van der Waals surface area contributed by atoms with Crippen LogP contribution in [-0.2, 0) is 0 Å². The topological polar surface area (TPSA) is 35.2 Å². The molecule has 1 atom stereocenters. The Labute approximate surface area is 102 Å². The predicted molar refractivity (Wildman–Crippen MR) is 70.2 cm³/mol. The third-order valence-corrected chi connectivity index (χ3v) is 2.88. The zero-order valence-electron chi connectivity index (χ0n) is 10.2. The largest absolute Gasteiger partial charge is 0.497 e. The van der Waals surface area contributed by atoms with E-state index >= 15 is 0 Å². The standard InChI is InChI=1S/C15H17NO/c1-11-4-3-5-13(10-11)15(16)12-6-8-14(17-2)9-7-12/h3-10,15H,16H2,1-2H3/t15-/m0/s1. The normalized spacial score (nSPS) is 12.2. The highest BCUT2D eigenvalue weighted by Crippen LogP contribution is 2.22. The summed E-state index contributed by atoms with van der Waals surface area (Å²) >= 11 is 0. The minimum absolute atomic E-state index is 0.0826. The molecule has 0 saturated carbocycles. The molecule has 17 heavy (non-hydrogen) atoms. The van der Waals surface area contributed by atoms with Gasteiger partial charge in [-0.2, -0.15) is 0 Å². The van der Waals surface area contributed by atoms with Gasteiger partial charge in [0.15, 0.2) is 0 Å². The molecule has 2 heteroatoms. The van der Waals surface area contributed by atoms with Crippen LogP contribution in [0.15, 0.2) is 48.5 Å². The van der Waals surface area contributed by atoms with Gasteiger partial charge in [0.25, 0.3) is 0 Å². The van der Waals surface area contributed by atoms with Crippen molar-refractivity contribution in [2.45, 2.75) is 13.0 Å². The van der Waals surface area contributed by atoms with Crippen molar-refractivity contribution in [1.29, 1.82) is 0 Å². The maximum Gasteiger partial charge on any atom is 0.118 e. The predicted octanol–water partition coefficient (Wildman–Crippen LogP) is 3.05. The second-order valence-electron chi connectivity index (χ2n) is 4.16. The van der Waals surface area contributed by atoms with Crippen LogP contribution in [0.1, 0.15) is 22.7 Å². The van der Waals surface area contributed by atoms with E-state index in [-0.39, 0.29) is 6.04 Å². The lowest BCUT2D eigenvalue weighted by Crippen LogP contribution is -2.11. The van der Waals surface area contributed by atoms with Crippen LogP contribution >= 0.6 is 0 Å². The molecule has 0 aliphatic rings. The van der Waals surface area contributed by atoms with E-state index < -0.39 is 0 Å². The van der Waals surface area contributed by atoms with Crippen LogP contribution in [0.4, 0.5) is 0 Å². The molecule has 0 fully saturated rings. The molecule has 0 aliphatic carbocycles. The van der Waals surface area contributed by atoms with Crippen LogP contribution in [0.25, 0.3) is 0 Å². The highest BCUT2D eigenvalue weighted by molar-refractivity contribution is 5.36. The Balaban J connectivity index is 2.27. The number of ether oxygens (including phenoxy) is 1. The third-order valence-electron chi connectivity index (χ3n) is 2.88. The summed E-state index contributed by atoms with van der Waals surface area (Å²) in [6, 6.07) is 16.1. The summed E-state index contributed by atoms with van der Waals surface area (Å²) in [7, 11) is 1.66. The van der Waals surface area contributed by atoms with Crippen molar-refractivity contribution in [3.63, 3.8) is 0 Å². The Morgan fingerprint density at radius 2 is 1.71 bits per heavy atom. The van der Waals surface area contributed by atoms with Gasteiger partial charge in [-0.15, -0.1) is 0 Å². The Morgan fingerprint density at radius 3 is 2.29 bits per heavy atom. The number of methoxy groups -OCH3 is 1. The minimum Gasteiger partial charge on any atom is -0.497 e. The van der Waals surface area contributed by atoms with Gasteiger partial charge in [-0.25, -0.2) is 0 Å². The molecule has 2 nitrogen and oxygen atoms in total. The molecule has 0 bridgehead atoms. The van der Waals surface area contributed by atoms with Crippen LogP contribution < -0.4 is 10.5 Å². The Hall–Kier alpha value is -1.80. The molecule has 2 aromatic carbocycles. The molecule has 0 radical (unpaired) electrons. The number of nitrogens with two attached hydrogens (primary N) is 1. The molecule has 0 spiro atoms. The monoisotopic (exact) mass is 227 g/mol. The van der Waals surface area contributed by atoms with Gasteiger partial charge < -0.3 is 10.5 Å². The molecule has 0 unspecified atom stereocenters. The summed E-state index contributed by atoms with van der Waals surface area (Å²) in [5.41, 5.74) is 9.69. The van der Waals surface area contributed by atoms with Crippen molar-refractivity contribution in [1.82, 2.24) is 0 Å². The third kappa shape index (κ3) is 2.66. The number of rotatable bonds is 3. The van der Waals surface area contributed by atoms with Crippen molar-refractivity contribution in [2.24, 2.45) is 5.73 Å². The summed E-state index contributed by atoms with van der Waals surface area (Å²) in [4.78, 5) is 0. The smallest absolute Gasteiger partial charge is 0.118 e. The molecular weight excluding hydrogens is 210 g/mol. The van der Waals surface area contributed by atoms with E-state index in [1.165, 1.54) is 5.56 Å². The average molecular weight is 227 g/mol. The van der Waals surface area contributed by atoms with Gasteiger partial charge in [0.2, 0.25) is 0 Å². The van der Waals surface area contributed by atoms with Crippen molar-refractivity contribution in [3.05, 3.63) is 65.2 Å². The van der Waals surface area contributed by atoms with E-state index in [1.807, 2.05) is 30.3 Å². The molecule has 0 aromatic heterocycles. The first-order valence-electron chi connectivity index (χ1n) is 5.67. The summed E-state index contributed by atoms with van der Waals surface area (Å²) in [5, 5.41) is 0. The molecule has 2 aromatic rings. The number of aryl methyl sites for hydroxylation is 1. The van der Waals surface area contributed by atoms with Crippen LogP contribution in [0.5, 0.6) is 5.75 Å². The van der Waals surface area contributed by atoms with Crippen molar-refractivity contribution < 1.29 is 4.74 Å². The highest BCUT2D eigenvalue weighted by Gasteiger charge is 2.08. The second-order valence-corrected chi connectivity index (χ2v) is 4.16. The minimum atomic E-state index is -0.0826. The molecule has 0 aliphatic heterocycles. The Kier molecular flexibility index (Phi) is 3.45. The molecule has 2 N–H and O–H groups in total. The Bertz CT molecular complexity index is 491. The van der Waals surface area contributed by atoms with Crippen molar-refractivity contribution in [3.8, 4) is 5.75 Å². The number of hydrogen-bond acceptors (Lipinski definition) is 2. The molecule has 0 saturated heterocycles. The van der Waals surface area contributed by atoms with Gasteiger partial charge >= 0.3 is 0 Å². The fourth-order valence-electron chi connectivity index (χ4n) is 1.87. The van der Waals surface area contributed by atoms with Crippen LogP contribution in [-0.4, -0.2) is 7.11 Å². The van der Waals surface area contributed by atoms with E-state index in [2.05, 4.69) is 25.1 Å². The summed E-state index contributed by atoms with van der Waals surface area (Å²) in [6.45, 7) is 2.07. The number of hydrogen-bond donors (Lipinski definition) is 1. The van der Waals surface area contributed by atoms with Gasteiger partial charge in [0, 0.05) is 0 Å². The zero-order valence-corrected chi connectivity index (χ0v) is 10.2. The maximum atomic E-state index is 6.24. The average Bonchev–Trinajstić information content (AvgIpc) is 2.38.